The van der Waals surface area contributed by atoms with E-state index in [0.717, 1.165) is 38.5 Å². The number of allylic oxidation sites excluding steroid dienone is 1. The minimum atomic E-state index is -0.773. The van der Waals surface area contributed by atoms with E-state index in [9.17, 15) is 9.90 Å². The SMILES string of the molecule is C[C@]12CCC(=O)C=C1CCC1C2CC[C@@]2(C)C1CC[C@@]2(O)C=CCO. The standard InChI is InChI=1S/C22H32O3/c1-20-10-6-16(24)14-15(20)4-5-17-18(20)7-11-21(2)19(17)8-12-22(21,25)9-3-13-23/h3,9,14,17-19,23,25H,4-8,10-13H2,1-2H3/t17?,18?,19?,20-,21-,22-/m0/s1. The Morgan fingerprint density at radius 1 is 1.12 bits per heavy atom. The van der Waals surface area contributed by atoms with Crippen LogP contribution < -0.4 is 0 Å². The second-order valence-corrected chi connectivity index (χ2v) is 9.47. The van der Waals surface area contributed by atoms with Gasteiger partial charge in [0.05, 0.1) is 12.2 Å². The Hall–Kier alpha value is -0.930. The van der Waals surface area contributed by atoms with E-state index in [0.29, 0.717) is 30.0 Å². The first-order valence-electron chi connectivity index (χ1n) is 10.1. The molecule has 0 spiro atoms. The molecule has 0 radical (unpaired) electrons. The van der Waals surface area contributed by atoms with E-state index >= 15 is 0 Å². The molecule has 4 aliphatic rings. The zero-order valence-corrected chi connectivity index (χ0v) is 15.6. The average molecular weight is 344 g/mol. The van der Waals surface area contributed by atoms with Crippen LogP contribution in [0.3, 0.4) is 0 Å². The van der Waals surface area contributed by atoms with Gasteiger partial charge in [-0.15, -0.1) is 0 Å². The smallest absolute Gasteiger partial charge is 0.155 e. The van der Waals surface area contributed by atoms with Crippen LogP contribution in [0.2, 0.25) is 0 Å². The summed E-state index contributed by atoms with van der Waals surface area (Å²) in [5.74, 6) is 2.18. The van der Waals surface area contributed by atoms with Crippen LogP contribution in [0.4, 0.5) is 0 Å². The van der Waals surface area contributed by atoms with Crippen LogP contribution in [-0.2, 0) is 4.79 Å². The van der Waals surface area contributed by atoms with Gasteiger partial charge in [-0.3, -0.25) is 4.79 Å². The third-order valence-electron chi connectivity index (χ3n) is 8.68. The summed E-state index contributed by atoms with van der Waals surface area (Å²) in [6.45, 7) is 4.67. The molecule has 0 aromatic rings. The summed E-state index contributed by atoms with van der Waals surface area (Å²) in [5, 5.41) is 20.5. The zero-order chi connectivity index (χ0) is 17.9. The number of fused-ring (bicyclic) bond motifs is 5. The maximum absolute atomic E-state index is 11.9. The lowest BCUT2D eigenvalue weighted by Crippen LogP contribution is -2.54. The van der Waals surface area contributed by atoms with Crippen molar-refractivity contribution in [2.75, 3.05) is 6.61 Å². The van der Waals surface area contributed by atoms with E-state index < -0.39 is 5.60 Å². The molecule has 0 heterocycles. The van der Waals surface area contributed by atoms with Gasteiger partial charge in [0.15, 0.2) is 5.78 Å². The molecule has 0 aromatic heterocycles. The Labute approximate surface area is 151 Å². The van der Waals surface area contributed by atoms with Crippen molar-refractivity contribution in [3.63, 3.8) is 0 Å². The monoisotopic (exact) mass is 344 g/mol. The van der Waals surface area contributed by atoms with Crippen LogP contribution in [-0.4, -0.2) is 28.2 Å². The molecule has 4 aliphatic carbocycles. The van der Waals surface area contributed by atoms with E-state index in [1.165, 1.54) is 12.0 Å². The predicted octanol–water partition coefficient (Wildman–Crippen LogP) is 3.80. The average Bonchev–Trinajstić information content (AvgIpc) is 2.85. The van der Waals surface area contributed by atoms with E-state index in [-0.39, 0.29) is 17.4 Å². The van der Waals surface area contributed by atoms with Crippen molar-refractivity contribution in [3.05, 3.63) is 23.8 Å². The molecule has 3 unspecified atom stereocenters. The van der Waals surface area contributed by atoms with Gasteiger partial charge < -0.3 is 10.2 Å². The highest BCUT2D eigenvalue weighted by atomic mass is 16.3. The Morgan fingerprint density at radius 3 is 2.64 bits per heavy atom. The topological polar surface area (TPSA) is 57.5 Å². The fourth-order valence-electron chi connectivity index (χ4n) is 7.13. The first kappa shape index (κ1) is 17.5. The highest BCUT2D eigenvalue weighted by molar-refractivity contribution is 5.91. The largest absolute Gasteiger partial charge is 0.392 e. The van der Waals surface area contributed by atoms with E-state index in [1.54, 1.807) is 6.08 Å². The van der Waals surface area contributed by atoms with Crippen LogP contribution in [0, 0.1) is 28.6 Å². The fraction of sp³-hybridized carbons (Fsp3) is 0.773. The number of rotatable bonds is 2. The summed E-state index contributed by atoms with van der Waals surface area (Å²) in [4.78, 5) is 11.9. The van der Waals surface area contributed by atoms with Gasteiger partial charge in [-0.2, -0.15) is 0 Å². The highest BCUT2D eigenvalue weighted by Gasteiger charge is 2.63. The zero-order valence-electron chi connectivity index (χ0n) is 15.6. The van der Waals surface area contributed by atoms with Crippen LogP contribution in [0.1, 0.15) is 65.2 Å². The first-order chi connectivity index (χ1) is 11.8. The van der Waals surface area contributed by atoms with Crippen molar-refractivity contribution >= 4 is 5.78 Å². The van der Waals surface area contributed by atoms with Crippen LogP contribution >= 0.6 is 0 Å². The van der Waals surface area contributed by atoms with Gasteiger partial charge in [0, 0.05) is 11.8 Å². The molecule has 0 bridgehead atoms. The molecule has 4 rings (SSSR count). The molecule has 2 N–H and O–H groups in total. The second-order valence-electron chi connectivity index (χ2n) is 9.47. The van der Waals surface area contributed by atoms with Gasteiger partial charge >= 0.3 is 0 Å². The molecule has 138 valence electrons. The number of carbonyl (C=O) groups is 1. The lowest BCUT2D eigenvalue weighted by atomic mass is 9.46. The summed E-state index contributed by atoms with van der Waals surface area (Å²) in [6, 6.07) is 0. The number of hydrogen-bond acceptors (Lipinski definition) is 3. The summed E-state index contributed by atoms with van der Waals surface area (Å²) in [7, 11) is 0. The highest BCUT2D eigenvalue weighted by Crippen LogP contribution is 2.67. The minimum Gasteiger partial charge on any atom is -0.392 e. The van der Waals surface area contributed by atoms with Gasteiger partial charge in [0.2, 0.25) is 0 Å². The molecule has 3 heteroatoms. The minimum absolute atomic E-state index is 0.00460. The Morgan fingerprint density at radius 2 is 1.88 bits per heavy atom. The van der Waals surface area contributed by atoms with E-state index in [2.05, 4.69) is 13.8 Å². The summed E-state index contributed by atoms with van der Waals surface area (Å²) >= 11 is 0. The molecule has 0 saturated heterocycles. The fourth-order valence-corrected chi connectivity index (χ4v) is 7.13. The van der Waals surface area contributed by atoms with Gasteiger partial charge in [-0.05, 0) is 74.2 Å². The molecule has 3 nitrogen and oxygen atoms in total. The van der Waals surface area contributed by atoms with Gasteiger partial charge in [-0.1, -0.05) is 31.6 Å². The van der Waals surface area contributed by atoms with Crippen LogP contribution in [0.15, 0.2) is 23.8 Å². The number of ketones is 1. The van der Waals surface area contributed by atoms with Crippen LogP contribution in [0.25, 0.3) is 0 Å². The summed E-state index contributed by atoms with van der Waals surface area (Å²) in [5.41, 5.74) is 0.745. The van der Waals surface area contributed by atoms with E-state index in [1.807, 2.05) is 12.2 Å². The Bertz CT molecular complexity index is 635. The van der Waals surface area contributed by atoms with Gasteiger partial charge in [-0.25, -0.2) is 0 Å². The number of aliphatic hydroxyl groups is 2. The van der Waals surface area contributed by atoms with Crippen molar-refractivity contribution < 1.29 is 15.0 Å². The molecule has 3 fully saturated rings. The summed E-state index contributed by atoms with van der Waals surface area (Å²) in [6.07, 6.45) is 13.6. The molecule has 0 aliphatic heterocycles. The third-order valence-corrected chi connectivity index (χ3v) is 8.68. The molecule has 3 saturated carbocycles. The normalized spacial score (nSPS) is 49.5. The molecule has 25 heavy (non-hydrogen) atoms. The lowest BCUT2D eigenvalue weighted by Gasteiger charge is -2.59. The quantitative estimate of drug-likeness (QED) is 0.749. The van der Waals surface area contributed by atoms with Gasteiger partial charge in [0.1, 0.15) is 0 Å². The molecule has 0 aromatic carbocycles. The lowest BCUT2D eigenvalue weighted by molar-refractivity contribution is -0.120. The number of hydrogen-bond donors (Lipinski definition) is 2. The Kier molecular flexibility index (Phi) is 4.05. The van der Waals surface area contributed by atoms with Gasteiger partial charge in [0.25, 0.3) is 0 Å². The summed E-state index contributed by atoms with van der Waals surface area (Å²) < 4.78 is 0. The van der Waals surface area contributed by atoms with Crippen molar-refractivity contribution in [2.45, 2.75) is 70.8 Å². The van der Waals surface area contributed by atoms with Crippen molar-refractivity contribution in [1.29, 1.82) is 0 Å². The molecule has 0 amide bonds. The van der Waals surface area contributed by atoms with Crippen LogP contribution in [0.5, 0.6) is 0 Å². The Balaban J connectivity index is 1.66. The number of carbonyl (C=O) groups excluding carboxylic acids is 1. The molecule has 6 atom stereocenters. The van der Waals surface area contributed by atoms with Crippen molar-refractivity contribution in [1.82, 2.24) is 0 Å². The van der Waals surface area contributed by atoms with E-state index in [4.69, 9.17) is 5.11 Å². The maximum Gasteiger partial charge on any atom is 0.155 e. The first-order valence-corrected chi connectivity index (χ1v) is 10.1. The molecular formula is C22H32O3. The van der Waals surface area contributed by atoms with Crippen molar-refractivity contribution in [2.24, 2.45) is 28.6 Å². The maximum atomic E-state index is 11.9. The second kappa shape index (κ2) is 5.79. The number of aliphatic hydroxyl groups excluding tert-OH is 1. The predicted molar refractivity (Wildman–Crippen MR) is 97.9 cm³/mol. The molecular weight excluding hydrogens is 312 g/mol. The van der Waals surface area contributed by atoms with Crippen molar-refractivity contribution in [3.8, 4) is 0 Å². The third kappa shape index (κ3) is 2.35.